The van der Waals surface area contributed by atoms with Gasteiger partial charge >= 0.3 is 0 Å². The SMILES string of the molecule is CN1CCN(c2ccc(Nc3nccc(Nc4ccc5[nH]ccc5c4)n3)cc2)CC1. The minimum absolute atomic E-state index is 0.565. The van der Waals surface area contributed by atoms with Crippen molar-refractivity contribution in [1.29, 1.82) is 0 Å². The second kappa shape index (κ2) is 8.04. The summed E-state index contributed by atoms with van der Waals surface area (Å²) in [5.74, 6) is 1.31. The summed E-state index contributed by atoms with van der Waals surface area (Å²) in [4.78, 5) is 16.9. The summed E-state index contributed by atoms with van der Waals surface area (Å²) < 4.78 is 0. The number of benzene rings is 2. The van der Waals surface area contributed by atoms with Crippen LogP contribution in [0.15, 0.2) is 67.0 Å². The van der Waals surface area contributed by atoms with Crippen LogP contribution in [-0.2, 0) is 0 Å². The lowest BCUT2D eigenvalue weighted by Crippen LogP contribution is -2.44. The molecule has 0 aliphatic carbocycles. The van der Waals surface area contributed by atoms with Crippen LogP contribution in [0, 0.1) is 0 Å². The molecule has 0 spiro atoms. The van der Waals surface area contributed by atoms with Crippen LogP contribution in [-0.4, -0.2) is 53.1 Å². The number of hydrogen-bond acceptors (Lipinski definition) is 6. The number of fused-ring (bicyclic) bond motifs is 1. The fraction of sp³-hybridized carbons (Fsp3) is 0.217. The predicted molar refractivity (Wildman–Crippen MR) is 123 cm³/mol. The van der Waals surface area contributed by atoms with Gasteiger partial charge in [0.15, 0.2) is 0 Å². The number of rotatable bonds is 5. The molecule has 1 aliphatic heterocycles. The van der Waals surface area contributed by atoms with Crippen molar-refractivity contribution in [1.82, 2.24) is 19.9 Å². The van der Waals surface area contributed by atoms with Crippen LogP contribution in [0.4, 0.5) is 28.8 Å². The number of nitrogens with one attached hydrogen (secondary N) is 3. The number of aromatic nitrogens is 3. The molecule has 7 heteroatoms. The Balaban J connectivity index is 1.26. The summed E-state index contributed by atoms with van der Waals surface area (Å²) in [5, 5.41) is 7.81. The molecule has 2 aromatic heterocycles. The number of hydrogen-bond donors (Lipinski definition) is 3. The first-order valence-corrected chi connectivity index (χ1v) is 10.2. The van der Waals surface area contributed by atoms with E-state index in [1.54, 1.807) is 6.20 Å². The largest absolute Gasteiger partial charge is 0.369 e. The smallest absolute Gasteiger partial charge is 0.229 e. The van der Waals surface area contributed by atoms with Gasteiger partial charge in [0.1, 0.15) is 5.82 Å². The van der Waals surface area contributed by atoms with Crippen LogP contribution < -0.4 is 15.5 Å². The Morgan fingerprint density at radius 1 is 0.867 bits per heavy atom. The monoisotopic (exact) mass is 399 g/mol. The molecule has 0 bridgehead atoms. The maximum atomic E-state index is 4.59. The average molecular weight is 400 g/mol. The highest BCUT2D eigenvalue weighted by molar-refractivity contribution is 5.83. The van der Waals surface area contributed by atoms with E-state index < -0.39 is 0 Å². The van der Waals surface area contributed by atoms with Gasteiger partial charge in [-0.3, -0.25) is 0 Å². The third-order valence-corrected chi connectivity index (χ3v) is 5.47. The van der Waals surface area contributed by atoms with Gasteiger partial charge in [0, 0.05) is 66.5 Å². The maximum absolute atomic E-state index is 4.59. The summed E-state index contributed by atoms with van der Waals surface area (Å²) in [5.41, 5.74) is 4.33. The summed E-state index contributed by atoms with van der Waals surface area (Å²) in [6, 6.07) is 18.6. The van der Waals surface area contributed by atoms with Crippen molar-refractivity contribution in [2.75, 3.05) is 48.8 Å². The summed E-state index contributed by atoms with van der Waals surface area (Å²) >= 11 is 0. The van der Waals surface area contributed by atoms with E-state index in [1.807, 2.05) is 18.3 Å². The van der Waals surface area contributed by atoms with E-state index >= 15 is 0 Å². The van der Waals surface area contributed by atoms with E-state index in [2.05, 4.69) is 84.9 Å². The molecule has 0 unspecified atom stereocenters. The Kier molecular flexibility index (Phi) is 4.94. The molecular weight excluding hydrogens is 374 g/mol. The second-order valence-corrected chi connectivity index (χ2v) is 7.63. The minimum Gasteiger partial charge on any atom is -0.369 e. The maximum Gasteiger partial charge on any atom is 0.229 e. The molecular formula is C23H25N7. The van der Waals surface area contributed by atoms with Crippen molar-refractivity contribution in [2.24, 2.45) is 0 Å². The lowest BCUT2D eigenvalue weighted by atomic mass is 10.2. The molecule has 0 saturated carbocycles. The standard InChI is InChI=1S/C23H25N7/c1-29-12-14-30(15-13-29)20-5-2-18(3-6-20)27-23-25-11-9-22(28-23)26-19-4-7-21-17(16-19)8-10-24-21/h2-11,16,24H,12-15H2,1H3,(H2,25,26,27,28). The Labute approximate surface area is 175 Å². The number of H-pyrrole nitrogens is 1. The normalized spacial score (nSPS) is 14.8. The first kappa shape index (κ1) is 18.4. The van der Waals surface area contributed by atoms with E-state index in [0.29, 0.717) is 5.95 Å². The molecule has 3 N–H and O–H groups in total. The molecule has 1 aliphatic rings. The van der Waals surface area contributed by atoms with Crippen molar-refractivity contribution in [3.8, 4) is 0 Å². The lowest BCUT2D eigenvalue weighted by molar-refractivity contribution is 0.313. The van der Waals surface area contributed by atoms with E-state index in [0.717, 1.165) is 54.3 Å². The number of piperazine rings is 1. The van der Waals surface area contributed by atoms with Crippen molar-refractivity contribution in [2.45, 2.75) is 0 Å². The number of nitrogens with zero attached hydrogens (tertiary/aromatic N) is 4. The van der Waals surface area contributed by atoms with Gasteiger partial charge in [-0.2, -0.15) is 4.98 Å². The van der Waals surface area contributed by atoms with Crippen molar-refractivity contribution < 1.29 is 0 Å². The van der Waals surface area contributed by atoms with Crippen LogP contribution >= 0.6 is 0 Å². The molecule has 3 heterocycles. The lowest BCUT2D eigenvalue weighted by Gasteiger charge is -2.34. The summed E-state index contributed by atoms with van der Waals surface area (Å²) in [7, 11) is 2.17. The third-order valence-electron chi connectivity index (χ3n) is 5.47. The van der Waals surface area contributed by atoms with Gasteiger partial charge in [0.2, 0.25) is 5.95 Å². The van der Waals surface area contributed by atoms with E-state index in [9.17, 15) is 0 Å². The summed E-state index contributed by atoms with van der Waals surface area (Å²) in [6.45, 7) is 4.33. The molecule has 0 radical (unpaired) electrons. The van der Waals surface area contributed by atoms with Crippen LogP contribution in [0.3, 0.4) is 0 Å². The van der Waals surface area contributed by atoms with Gasteiger partial charge in [-0.15, -0.1) is 0 Å². The highest BCUT2D eigenvalue weighted by atomic mass is 15.2. The molecule has 1 saturated heterocycles. The third kappa shape index (κ3) is 4.06. The first-order chi connectivity index (χ1) is 14.7. The Hall–Kier alpha value is -3.58. The first-order valence-electron chi connectivity index (χ1n) is 10.2. The van der Waals surface area contributed by atoms with Gasteiger partial charge in [-0.05, 0) is 61.6 Å². The zero-order valence-electron chi connectivity index (χ0n) is 17.0. The van der Waals surface area contributed by atoms with E-state index in [-0.39, 0.29) is 0 Å². The van der Waals surface area contributed by atoms with Crippen molar-refractivity contribution in [3.63, 3.8) is 0 Å². The molecule has 1 fully saturated rings. The Morgan fingerprint density at radius 2 is 1.67 bits per heavy atom. The molecule has 4 aromatic rings. The second-order valence-electron chi connectivity index (χ2n) is 7.63. The zero-order chi connectivity index (χ0) is 20.3. The molecule has 5 rings (SSSR count). The minimum atomic E-state index is 0.565. The van der Waals surface area contributed by atoms with Crippen molar-refractivity contribution >= 4 is 39.7 Å². The van der Waals surface area contributed by atoms with Gasteiger partial charge in [0.25, 0.3) is 0 Å². The predicted octanol–water partition coefficient (Wildman–Crippen LogP) is 4.20. The quantitative estimate of drug-likeness (QED) is 0.467. The molecule has 0 amide bonds. The summed E-state index contributed by atoms with van der Waals surface area (Å²) in [6.07, 6.45) is 3.70. The van der Waals surface area contributed by atoms with Crippen LogP contribution in [0.1, 0.15) is 0 Å². The fourth-order valence-electron chi connectivity index (χ4n) is 3.72. The highest BCUT2D eigenvalue weighted by Gasteiger charge is 2.14. The molecule has 7 nitrogen and oxygen atoms in total. The van der Waals surface area contributed by atoms with E-state index in [1.165, 1.54) is 5.69 Å². The van der Waals surface area contributed by atoms with Crippen molar-refractivity contribution in [3.05, 3.63) is 67.0 Å². The molecule has 2 aromatic carbocycles. The highest BCUT2D eigenvalue weighted by Crippen LogP contribution is 2.23. The van der Waals surface area contributed by atoms with Gasteiger partial charge in [-0.25, -0.2) is 4.98 Å². The Bertz CT molecular complexity index is 1130. The molecule has 30 heavy (non-hydrogen) atoms. The van der Waals surface area contributed by atoms with Gasteiger partial charge < -0.3 is 25.4 Å². The topological polar surface area (TPSA) is 72.1 Å². The number of aromatic amines is 1. The molecule has 152 valence electrons. The van der Waals surface area contributed by atoms with Crippen LogP contribution in [0.5, 0.6) is 0 Å². The average Bonchev–Trinajstić information content (AvgIpc) is 3.23. The van der Waals surface area contributed by atoms with Gasteiger partial charge in [-0.1, -0.05) is 0 Å². The molecule has 0 atom stereocenters. The number of anilines is 5. The zero-order valence-corrected chi connectivity index (χ0v) is 17.0. The Morgan fingerprint density at radius 3 is 2.50 bits per heavy atom. The van der Waals surface area contributed by atoms with E-state index in [4.69, 9.17) is 0 Å². The number of likely N-dealkylation sites (N-methyl/N-ethyl adjacent to an activating group) is 1. The fourth-order valence-corrected chi connectivity index (χ4v) is 3.72. The van der Waals surface area contributed by atoms with Crippen LogP contribution in [0.2, 0.25) is 0 Å². The van der Waals surface area contributed by atoms with Crippen LogP contribution in [0.25, 0.3) is 10.9 Å². The van der Waals surface area contributed by atoms with Gasteiger partial charge in [0.05, 0.1) is 0 Å².